The highest BCUT2D eigenvalue weighted by atomic mass is 79.9. The zero-order chi connectivity index (χ0) is 16.2. The minimum Gasteiger partial charge on any atom is -0.323 e. The van der Waals surface area contributed by atoms with E-state index in [1.54, 1.807) is 4.90 Å². The van der Waals surface area contributed by atoms with Crippen LogP contribution < -0.4 is 10.2 Å². The Morgan fingerprint density at radius 1 is 1.22 bits per heavy atom. The number of fused-ring (bicyclic) bond motifs is 2. The van der Waals surface area contributed by atoms with Gasteiger partial charge in [0.1, 0.15) is 0 Å². The molecule has 1 N–H and O–H groups in total. The molecular formula is C17H13BrN2O2S. The molecule has 23 heavy (non-hydrogen) atoms. The van der Waals surface area contributed by atoms with Crippen LogP contribution in [0.15, 0.2) is 46.9 Å². The number of hydrogen-bond acceptors (Lipinski definition) is 3. The number of thioether (sulfide) groups is 1. The van der Waals surface area contributed by atoms with Gasteiger partial charge in [0.15, 0.2) is 0 Å². The SMILES string of the molecule is Cc1ccc(N2C(=O)CSC23C(=O)Nc2ccccc23)cc1Br. The maximum absolute atomic E-state index is 12.8. The third-order valence-corrected chi connectivity index (χ3v) is 6.48. The van der Waals surface area contributed by atoms with Crippen molar-refractivity contribution in [1.29, 1.82) is 0 Å². The number of anilines is 2. The number of rotatable bonds is 1. The predicted molar refractivity (Wildman–Crippen MR) is 95.6 cm³/mol. The number of halogens is 1. The van der Waals surface area contributed by atoms with Gasteiger partial charge in [-0.2, -0.15) is 0 Å². The number of hydrogen-bond donors (Lipinski definition) is 1. The van der Waals surface area contributed by atoms with Crippen LogP contribution in [0.25, 0.3) is 0 Å². The van der Waals surface area contributed by atoms with Crippen molar-refractivity contribution >= 4 is 50.9 Å². The fraction of sp³-hybridized carbons (Fsp3) is 0.176. The van der Waals surface area contributed by atoms with Gasteiger partial charge < -0.3 is 5.32 Å². The van der Waals surface area contributed by atoms with Gasteiger partial charge in [0.05, 0.1) is 5.75 Å². The standard InChI is InChI=1S/C17H13BrN2O2S/c1-10-6-7-11(8-13(10)18)20-15(21)9-23-17(20)12-4-2-3-5-14(12)19-16(17)22/h2-8H,9H2,1H3,(H,19,22). The third-order valence-electron chi connectivity index (χ3n) is 4.23. The van der Waals surface area contributed by atoms with Crippen molar-refractivity contribution < 1.29 is 9.59 Å². The molecule has 2 aliphatic rings. The van der Waals surface area contributed by atoms with Gasteiger partial charge in [-0.05, 0) is 30.7 Å². The van der Waals surface area contributed by atoms with Crippen molar-refractivity contribution in [3.63, 3.8) is 0 Å². The summed E-state index contributed by atoms with van der Waals surface area (Å²) in [6.45, 7) is 1.99. The Hall–Kier alpha value is -1.79. The topological polar surface area (TPSA) is 49.4 Å². The lowest BCUT2D eigenvalue weighted by atomic mass is 10.0. The quantitative estimate of drug-likeness (QED) is 0.810. The molecule has 116 valence electrons. The predicted octanol–water partition coefficient (Wildman–Crippen LogP) is 3.64. The van der Waals surface area contributed by atoms with Gasteiger partial charge in [-0.3, -0.25) is 14.5 Å². The molecule has 0 aliphatic carbocycles. The molecule has 4 nitrogen and oxygen atoms in total. The molecular weight excluding hydrogens is 376 g/mol. The number of carbonyl (C=O) groups excluding carboxylic acids is 2. The normalized spacial score (nSPS) is 22.6. The number of nitrogens with zero attached hydrogens (tertiary/aromatic N) is 1. The molecule has 4 rings (SSSR count). The van der Waals surface area contributed by atoms with Crippen LogP contribution in [0.4, 0.5) is 11.4 Å². The van der Waals surface area contributed by atoms with E-state index in [1.807, 2.05) is 49.4 Å². The van der Waals surface area contributed by atoms with E-state index in [4.69, 9.17) is 0 Å². The zero-order valence-electron chi connectivity index (χ0n) is 12.3. The third kappa shape index (κ3) is 1.98. The molecule has 2 heterocycles. The number of benzene rings is 2. The Balaban J connectivity index is 1.93. The second-order valence-electron chi connectivity index (χ2n) is 5.60. The minimum atomic E-state index is -1.01. The van der Waals surface area contributed by atoms with Gasteiger partial charge >= 0.3 is 0 Å². The van der Waals surface area contributed by atoms with Gasteiger partial charge in [-0.1, -0.05) is 40.2 Å². The highest BCUT2D eigenvalue weighted by Gasteiger charge is 2.58. The van der Waals surface area contributed by atoms with Crippen LogP contribution in [0.5, 0.6) is 0 Å². The second kappa shape index (κ2) is 5.11. The van der Waals surface area contributed by atoms with E-state index in [1.165, 1.54) is 11.8 Å². The second-order valence-corrected chi connectivity index (χ2v) is 7.62. The van der Waals surface area contributed by atoms with Crippen molar-refractivity contribution in [1.82, 2.24) is 0 Å². The maximum Gasteiger partial charge on any atom is 0.266 e. The highest BCUT2D eigenvalue weighted by Crippen LogP contribution is 2.53. The van der Waals surface area contributed by atoms with E-state index in [-0.39, 0.29) is 17.6 Å². The lowest BCUT2D eigenvalue weighted by Crippen LogP contribution is -2.47. The molecule has 2 aromatic rings. The summed E-state index contributed by atoms with van der Waals surface area (Å²) in [6.07, 6.45) is 0. The first kappa shape index (κ1) is 14.8. The summed E-state index contributed by atoms with van der Waals surface area (Å²) in [5.74, 6) is 0.0663. The molecule has 0 aromatic heterocycles. The van der Waals surface area contributed by atoms with Crippen LogP contribution in [0.3, 0.4) is 0 Å². The molecule has 2 aliphatic heterocycles. The Labute approximate surface area is 146 Å². The summed E-state index contributed by atoms with van der Waals surface area (Å²) < 4.78 is 0.918. The van der Waals surface area contributed by atoms with Gasteiger partial charge in [-0.25, -0.2) is 0 Å². The zero-order valence-corrected chi connectivity index (χ0v) is 14.7. The van der Waals surface area contributed by atoms with Crippen molar-refractivity contribution in [3.05, 3.63) is 58.1 Å². The Morgan fingerprint density at radius 2 is 2.00 bits per heavy atom. The first-order chi connectivity index (χ1) is 11.0. The van der Waals surface area contributed by atoms with E-state index >= 15 is 0 Å². The van der Waals surface area contributed by atoms with Gasteiger partial charge in [0.2, 0.25) is 10.8 Å². The van der Waals surface area contributed by atoms with Crippen LogP contribution in [0.1, 0.15) is 11.1 Å². The van der Waals surface area contributed by atoms with Crippen molar-refractivity contribution in [3.8, 4) is 0 Å². The van der Waals surface area contributed by atoms with Crippen LogP contribution >= 0.6 is 27.7 Å². The first-order valence-electron chi connectivity index (χ1n) is 7.18. The smallest absolute Gasteiger partial charge is 0.266 e. The Morgan fingerprint density at radius 3 is 2.78 bits per heavy atom. The van der Waals surface area contributed by atoms with Crippen LogP contribution in [-0.2, 0) is 14.5 Å². The average Bonchev–Trinajstić information content (AvgIpc) is 3.02. The molecule has 1 fully saturated rings. The molecule has 1 spiro atoms. The fourth-order valence-corrected chi connectivity index (χ4v) is 4.78. The summed E-state index contributed by atoms with van der Waals surface area (Å²) in [4.78, 5) is 26.0. The highest BCUT2D eigenvalue weighted by molar-refractivity contribution is 9.10. The van der Waals surface area contributed by atoms with E-state index in [2.05, 4.69) is 21.2 Å². The number of nitrogens with one attached hydrogen (secondary N) is 1. The molecule has 6 heteroatoms. The molecule has 1 saturated heterocycles. The van der Waals surface area contributed by atoms with E-state index in [0.717, 1.165) is 27.0 Å². The van der Waals surface area contributed by atoms with Crippen molar-refractivity contribution in [2.75, 3.05) is 16.0 Å². The molecule has 0 radical (unpaired) electrons. The summed E-state index contributed by atoms with van der Waals surface area (Å²) >= 11 is 4.88. The fourth-order valence-electron chi connectivity index (χ4n) is 3.10. The molecule has 2 amide bonds. The van der Waals surface area contributed by atoms with Gasteiger partial charge in [0.25, 0.3) is 5.91 Å². The maximum atomic E-state index is 12.8. The summed E-state index contributed by atoms with van der Waals surface area (Å²) in [7, 11) is 0. The van der Waals surface area contributed by atoms with E-state index < -0.39 is 4.87 Å². The van der Waals surface area contributed by atoms with Crippen molar-refractivity contribution in [2.45, 2.75) is 11.8 Å². The van der Waals surface area contributed by atoms with Gasteiger partial charge in [-0.15, -0.1) is 11.8 Å². The largest absolute Gasteiger partial charge is 0.323 e. The monoisotopic (exact) mass is 388 g/mol. The molecule has 1 atom stereocenters. The minimum absolute atomic E-state index is 0.0578. The van der Waals surface area contributed by atoms with Crippen molar-refractivity contribution in [2.24, 2.45) is 0 Å². The average molecular weight is 389 g/mol. The Kier molecular flexibility index (Phi) is 3.28. The van der Waals surface area contributed by atoms with Crippen LogP contribution in [0.2, 0.25) is 0 Å². The molecule has 0 saturated carbocycles. The first-order valence-corrected chi connectivity index (χ1v) is 8.96. The summed E-state index contributed by atoms with van der Waals surface area (Å²) in [6, 6.07) is 13.3. The number of amides is 2. The number of para-hydroxylation sites is 1. The van der Waals surface area contributed by atoms with E-state index in [0.29, 0.717) is 0 Å². The van der Waals surface area contributed by atoms with Crippen LogP contribution in [0, 0.1) is 6.92 Å². The molecule has 2 aromatic carbocycles. The lowest BCUT2D eigenvalue weighted by molar-refractivity contribution is -0.122. The lowest BCUT2D eigenvalue weighted by Gasteiger charge is -2.32. The number of aryl methyl sites for hydroxylation is 1. The molecule has 0 bridgehead atoms. The number of carbonyl (C=O) groups is 2. The molecule has 1 unspecified atom stereocenters. The summed E-state index contributed by atoms with van der Waals surface area (Å²) in [5.41, 5.74) is 3.43. The van der Waals surface area contributed by atoms with Crippen LogP contribution in [-0.4, -0.2) is 17.6 Å². The Bertz CT molecular complexity index is 854. The van der Waals surface area contributed by atoms with Gasteiger partial charge in [0, 0.05) is 21.4 Å². The summed E-state index contributed by atoms with van der Waals surface area (Å²) in [5, 5.41) is 2.91. The van der Waals surface area contributed by atoms with E-state index in [9.17, 15) is 9.59 Å².